The molecule has 0 saturated heterocycles. The Balaban J connectivity index is 1.47. The average Bonchev–Trinajstić information content (AvgIpc) is 3.24. The number of rotatable bonds is 7. The number of hydrogen-bond acceptors (Lipinski definition) is 5. The monoisotopic (exact) mass is 518 g/mol. The zero-order valence-electron chi connectivity index (χ0n) is 20.0. The average molecular weight is 519 g/mol. The van der Waals surface area contributed by atoms with Crippen molar-refractivity contribution >= 4 is 40.6 Å². The molecule has 1 unspecified atom stereocenters. The van der Waals surface area contributed by atoms with Gasteiger partial charge in [0.05, 0.1) is 16.9 Å². The van der Waals surface area contributed by atoms with Crippen LogP contribution in [0.25, 0.3) is 11.3 Å². The predicted molar refractivity (Wildman–Crippen MR) is 141 cm³/mol. The standard InChI is InChI=1S/C28H24F2N4O2S/c1-16(35)32-25-13-18(9-10-31-25)27-28(33-19-5-3-2-4-6-19)26-23(34-27)11-17(12-24(26)36)15-37-20-7-8-21(29)22(30)14-20/h2-10,13-14,17,33-34H,11-12,15H2,1H3,(H,31,32,35). The van der Waals surface area contributed by atoms with Gasteiger partial charge in [0.1, 0.15) is 5.82 Å². The normalized spacial score (nSPS) is 14.8. The van der Waals surface area contributed by atoms with Crippen molar-refractivity contribution in [2.75, 3.05) is 16.4 Å². The van der Waals surface area contributed by atoms with Crippen LogP contribution in [-0.2, 0) is 11.2 Å². The third kappa shape index (κ3) is 5.56. The number of fused-ring (bicyclic) bond motifs is 1. The smallest absolute Gasteiger partial charge is 0.222 e. The molecule has 0 spiro atoms. The molecule has 1 aliphatic rings. The quantitative estimate of drug-likeness (QED) is 0.240. The highest BCUT2D eigenvalue weighted by Gasteiger charge is 2.32. The summed E-state index contributed by atoms with van der Waals surface area (Å²) in [6, 6.07) is 17.0. The maximum atomic E-state index is 13.6. The fourth-order valence-electron chi connectivity index (χ4n) is 4.48. The topological polar surface area (TPSA) is 86.9 Å². The number of anilines is 3. The number of carbonyl (C=O) groups is 2. The van der Waals surface area contributed by atoms with Crippen LogP contribution in [0.15, 0.2) is 71.8 Å². The van der Waals surface area contributed by atoms with E-state index in [1.807, 2.05) is 36.4 Å². The largest absolute Gasteiger partial charge is 0.356 e. The van der Waals surface area contributed by atoms with E-state index in [2.05, 4.69) is 20.6 Å². The molecule has 5 rings (SSSR count). The Bertz CT molecular complexity index is 1470. The van der Waals surface area contributed by atoms with Crippen molar-refractivity contribution in [2.45, 2.75) is 24.7 Å². The van der Waals surface area contributed by atoms with E-state index in [0.29, 0.717) is 40.6 Å². The summed E-state index contributed by atoms with van der Waals surface area (Å²) in [7, 11) is 0. The number of halogens is 2. The van der Waals surface area contributed by atoms with Crippen molar-refractivity contribution in [3.05, 3.63) is 89.8 Å². The van der Waals surface area contributed by atoms with Crippen molar-refractivity contribution in [3.8, 4) is 11.3 Å². The Morgan fingerprint density at radius 2 is 1.89 bits per heavy atom. The van der Waals surface area contributed by atoms with Gasteiger partial charge >= 0.3 is 0 Å². The van der Waals surface area contributed by atoms with Gasteiger partial charge in [0.15, 0.2) is 17.4 Å². The summed E-state index contributed by atoms with van der Waals surface area (Å²) in [5.41, 5.74) is 4.45. The molecule has 3 N–H and O–H groups in total. The summed E-state index contributed by atoms with van der Waals surface area (Å²) in [6.07, 6.45) is 2.58. The van der Waals surface area contributed by atoms with E-state index in [0.717, 1.165) is 28.7 Å². The number of carbonyl (C=O) groups excluding carboxylic acids is 2. The maximum Gasteiger partial charge on any atom is 0.222 e. The van der Waals surface area contributed by atoms with Gasteiger partial charge in [0.25, 0.3) is 0 Å². The Hall–Kier alpha value is -3.98. The van der Waals surface area contributed by atoms with E-state index < -0.39 is 11.6 Å². The molecule has 9 heteroatoms. The van der Waals surface area contributed by atoms with Crippen molar-refractivity contribution in [3.63, 3.8) is 0 Å². The number of aromatic nitrogens is 2. The van der Waals surface area contributed by atoms with Crippen LogP contribution in [0, 0.1) is 17.6 Å². The molecule has 6 nitrogen and oxygen atoms in total. The summed E-state index contributed by atoms with van der Waals surface area (Å²) in [4.78, 5) is 33.3. The number of benzene rings is 2. The molecule has 0 bridgehead atoms. The lowest BCUT2D eigenvalue weighted by atomic mass is 9.87. The molecule has 1 amide bonds. The zero-order valence-corrected chi connectivity index (χ0v) is 20.8. The number of thioether (sulfide) groups is 1. The van der Waals surface area contributed by atoms with Crippen LogP contribution >= 0.6 is 11.8 Å². The number of hydrogen-bond donors (Lipinski definition) is 3. The minimum atomic E-state index is -0.881. The van der Waals surface area contributed by atoms with Crippen molar-refractivity contribution < 1.29 is 18.4 Å². The Morgan fingerprint density at radius 1 is 1.08 bits per heavy atom. The van der Waals surface area contributed by atoms with Gasteiger partial charge in [0, 0.05) is 47.1 Å². The fraction of sp³-hybridized carbons (Fsp3) is 0.179. The number of pyridine rings is 1. The number of H-pyrrole nitrogens is 1. The highest BCUT2D eigenvalue weighted by atomic mass is 32.2. The van der Waals surface area contributed by atoms with Crippen LogP contribution < -0.4 is 10.6 Å². The Labute approximate surface area is 216 Å². The van der Waals surface area contributed by atoms with Crippen molar-refractivity contribution in [1.29, 1.82) is 0 Å². The summed E-state index contributed by atoms with van der Waals surface area (Å²) in [6.45, 7) is 1.42. The Morgan fingerprint density at radius 3 is 2.65 bits per heavy atom. The van der Waals surface area contributed by atoms with Gasteiger partial charge in [0.2, 0.25) is 5.91 Å². The van der Waals surface area contributed by atoms with Crippen LogP contribution in [-0.4, -0.2) is 27.4 Å². The molecule has 1 atom stereocenters. The Kier molecular flexibility index (Phi) is 7.05. The van der Waals surface area contributed by atoms with Gasteiger partial charge in [-0.15, -0.1) is 11.8 Å². The number of aromatic amines is 1. The van der Waals surface area contributed by atoms with Gasteiger partial charge in [-0.3, -0.25) is 9.59 Å². The molecule has 1 aliphatic carbocycles. The van der Waals surface area contributed by atoms with Gasteiger partial charge < -0.3 is 15.6 Å². The predicted octanol–water partition coefficient (Wildman–Crippen LogP) is 6.59. The van der Waals surface area contributed by atoms with Crippen molar-refractivity contribution in [1.82, 2.24) is 9.97 Å². The summed E-state index contributed by atoms with van der Waals surface area (Å²) in [5.74, 6) is -0.945. The second-order valence-corrected chi connectivity index (χ2v) is 10.0. The first-order valence-electron chi connectivity index (χ1n) is 11.8. The highest BCUT2D eigenvalue weighted by molar-refractivity contribution is 7.99. The van der Waals surface area contributed by atoms with Crippen LogP contribution in [0.5, 0.6) is 0 Å². The molecule has 2 heterocycles. The molecule has 0 radical (unpaired) electrons. The summed E-state index contributed by atoms with van der Waals surface area (Å²) in [5, 5.41) is 6.11. The third-order valence-corrected chi connectivity index (χ3v) is 7.32. The number of nitrogens with one attached hydrogen (secondary N) is 3. The number of Topliss-reactive ketones (excluding diaryl/α,β-unsaturated/α-hetero) is 1. The molecule has 188 valence electrons. The number of para-hydroxylation sites is 1. The van der Waals surface area contributed by atoms with E-state index >= 15 is 0 Å². The van der Waals surface area contributed by atoms with Gasteiger partial charge in [-0.25, -0.2) is 13.8 Å². The number of ketones is 1. The van der Waals surface area contributed by atoms with Crippen LogP contribution in [0.3, 0.4) is 0 Å². The molecule has 37 heavy (non-hydrogen) atoms. The number of nitrogens with zero attached hydrogens (tertiary/aromatic N) is 1. The maximum absolute atomic E-state index is 13.6. The fourth-order valence-corrected chi connectivity index (χ4v) is 5.49. The lowest BCUT2D eigenvalue weighted by molar-refractivity contribution is -0.114. The van der Waals surface area contributed by atoms with Gasteiger partial charge in [-0.05, 0) is 54.8 Å². The molecule has 2 aromatic heterocycles. The molecular formula is C28H24F2N4O2S. The lowest BCUT2D eigenvalue weighted by Crippen LogP contribution is -2.21. The molecule has 0 fully saturated rings. The third-order valence-electron chi connectivity index (χ3n) is 6.10. The SMILES string of the molecule is CC(=O)Nc1cc(-c2[nH]c3c(c2Nc2ccccc2)C(=O)CC(CSc2ccc(F)c(F)c2)C3)ccn1. The van der Waals surface area contributed by atoms with Crippen LogP contribution in [0.1, 0.15) is 29.4 Å². The number of amides is 1. The molecular weight excluding hydrogens is 494 g/mol. The molecule has 0 aliphatic heterocycles. The molecule has 0 saturated carbocycles. The van der Waals surface area contributed by atoms with Gasteiger partial charge in [-0.2, -0.15) is 0 Å². The van der Waals surface area contributed by atoms with E-state index in [1.165, 1.54) is 24.8 Å². The molecule has 4 aromatic rings. The summed E-state index contributed by atoms with van der Waals surface area (Å²) < 4.78 is 26.9. The second-order valence-electron chi connectivity index (χ2n) is 8.91. The molecule has 2 aromatic carbocycles. The first-order valence-corrected chi connectivity index (χ1v) is 12.8. The highest BCUT2D eigenvalue weighted by Crippen LogP contribution is 2.41. The van der Waals surface area contributed by atoms with E-state index in [1.54, 1.807) is 18.3 Å². The zero-order chi connectivity index (χ0) is 25.9. The van der Waals surface area contributed by atoms with E-state index in [9.17, 15) is 18.4 Å². The second kappa shape index (κ2) is 10.6. The van der Waals surface area contributed by atoms with E-state index in [-0.39, 0.29) is 17.6 Å². The van der Waals surface area contributed by atoms with Crippen LogP contribution in [0.4, 0.5) is 26.0 Å². The van der Waals surface area contributed by atoms with Crippen molar-refractivity contribution in [2.24, 2.45) is 5.92 Å². The minimum Gasteiger partial charge on any atom is -0.356 e. The summed E-state index contributed by atoms with van der Waals surface area (Å²) >= 11 is 1.41. The lowest BCUT2D eigenvalue weighted by Gasteiger charge is -2.22. The first-order chi connectivity index (χ1) is 17.9. The first kappa shape index (κ1) is 24.7. The van der Waals surface area contributed by atoms with E-state index in [4.69, 9.17) is 0 Å². The van der Waals surface area contributed by atoms with Crippen LogP contribution in [0.2, 0.25) is 0 Å². The van der Waals surface area contributed by atoms with Gasteiger partial charge in [-0.1, -0.05) is 18.2 Å². The minimum absolute atomic E-state index is 0.00853.